The van der Waals surface area contributed by atoms with Crippen molar-refractivity contribution in [1.29, 1.82) is 0 Å². The van der Waals surface area contributed by atoms with Gasteiger partial charge in [-0.1, -0.05) is 0 Å². The predicted octanol–water partition coefficient (Wildman–Crippen LogP) is 1.88. The number of hydrogen-bond acceptors (Lipinski definition) is 2. The van der Waals surface area contributed by atoms with Crippen LogP contribution >= 0.6 is 0 Å². The largest absolute Gasteiger partial charge is 0.393 e. The molecular weight excluding hydrogens is 150 g/mol. The number of aliphatic hydroxyl groups is 1. The standard InChI is InChI=1S/C10H23NO/c1-9(2)11(4)8-6-5-7-10(3)12/h9-10,12H,5-8H2,1-4H3/t10-/m0/s1. The summed E-state index contributed by atoms with van der Waals surface area (Å²) in [6.07, 6.45) is 3.13. The molecule has 0 saturated heterocycles. The maximum Gasteiger partial charge on any atom is 0.0512 e. The molecule has 12 heavy (non-hydrogen) atoms. The number of hydrogen-bond donors (Lipinski definition) is 1. The Bertz CT molecular complexity index is 102. The molecule has 0 aromatic rings. The molecule has 0 spiro atoms. The first-order valence-electron chi connectivity index (χ1n) is 4.92. The van der Waals surface area contributed by atoms with Crippen LogP contribution in [0.1, 0.15) is 40.0 Å². The zero-order valence-corrected chi connectivity index (χ0v) is 8.88. The molecule has 74 valence electrons. The molecule has 0 bridgehead atoms. The smallest absolute Gasteiger partial charge is 0.0512 e. The molecule has 0 aliphatic heterocycles. The number of rotatable bonds is 6. The van der Waals surface area contributed by atoms with Gasteiger partial charge in [-0.15, -0.1) is 0 Å². The highest BCUT2D eigenvalue weighted by molar-refractivity contribution is 4.57. The van der Waals surface area contributed by atoms with E-state index in [1.807, 2.05) is 6.92 Å². The molecule has 0 fully saturated rings. The van der Waals surface area contributed by atoms with Crippen molar-refractivity contribution in [3.63, 3.8) is 0 Å². The zero-order chi connectivity index (χ0) is 9.56. The quantitative estimate of drug-likeness (QED) is 0.620. The average Bonchev–Trinajstić information content (AvgIpc) is 1.97. The third kappa shape index (κ3) is 6.62. The summed E-state index contributed by atoms with van der Waals surface area (Å²) in [5.41, 5.74) is 0. The van der Waals surface area contributed by atoms with Gasteiger partial charge in [0.05, 0.1) is 6.10 Å². The van der Waals surface area contributed by atoms with Crippen LogP contribution in [0.4, 0.5) is 0 Å². The topological polar surface area (TPSA) is 23.5 Å². The zero-order valence-electron chi connectivity index (χ0n) is 8.88. The summed E-state index contributed by atoms with van der Waals surface area (Å²) < 4.78 is 0. The van der Waals surface area contributed by atoms with E-state index >= 15 is 0 Å². The van der Waals surface area contributed by atoms with Crippen LogP contribution in [0, 0.1) is 0 Å². The fraction of sp³-hybridized carbons (Fsp3) is 1.00. The minimum absolute atomic E-state index is 0.130. The van der Waals surface area contributed by atoms with Crippen molar-refractivity contribution in [2.45, 2.75) is 52.2 Å². The van der Waals surface area contributed by atoms with Crippen molar-refractivity contribution in [2.24, 2.45) is 0 Å². The van der Waals surface area contributed by atoms with Crippen molar-refractivity contribution in [3.05, 3.63) is 0 Å². The molecule has 1 atom stereocenters. The van der Waals surface area contributed by atoms with E-state index in [2.05, 4.69) is 25.8 Å². The SMILES string of the molecule is CC(C)N(C)CCCC[C@H](C)O. The van der Waals surface area contributed by atoms with Crippen LogP contribution in [0.2, 0.25) is 0 Å². The Kier molecular flexibility index (Phi) is 6.39. The van der Waals surface area contributed by atoms with Gasteiger partial charge >= 0.3 is 0 Å². The van der Waals surface area contributed by atoms with Crippen LogP contribution in [0.15, 0.2) is 0 Å². The lowest BCUT2D eigenvalue weighted by Gasteiger charge is -2.20. The second-order valence-corrected chi connectivity index (χ2v) is 3.92. The second-order valence-electron chi connectivity index (χ2n) is 3.92. The third-order valence-electron chi connectivity index (χ3n) is 2.26. The van der Waals surface area contributed by atoms with E-state index in [4.69, 9.17) is 5.11 Å². The summed E-state index contributed by atoms with van der Waals surface area (Å²) in [4.78, 5) is 2.34. The third-order valence-corrected chi connectivity index (χ3v) is 2.26. The fourth-order valence-corrected chi connectivity index (χ4v) is 1.06. The molecule has 0 radical (unpaired) electrons. The van der Waals surface area contributed by atoms with Crippen LogP contribution in [0.25, 0.3) is 0 Å². The summed E-state index contributed by atoms with van der Waals surface area (Å²) in [5, 5.41) is 9.01. The normalized spacial score (nSPS) is 14.2. The molecule has 0 amide bonds. The molecule has 0 aliphatic rings. The highest BCUT2D eigenvalue weighted by Gasteiger charge is 2.02. The monoisotopic (exact) mass is 173 g/mol. The highest BCUT2D eigenvalue weighted by atomic mass is 16.3. The summed E-state index contributed by atoms with van der Waals surface area (Å²) in [7, 11) is 2.15. The van der Waals surface area contributed by atoms with Gasteiger partial charge in [0.1, 0.15) is 0 Å². The molecule has 0 unspecified atom stereocenters. The maximum absolute atomic E-state index is 9.01. The summed E-state index contributed by atoms with van der Waals surface area (Å²) >= 11 is 0. The average molecular weight is 173 g/mol. The van der Waals surface area contributed by atoms with Gasteiger partial charge in [-0.3, -0.25) is 0 Å². The summed E-state index contributed by atoms with van der Waals surface area (Å²) in [6.45, 7) is 7.40. The van der Waals surface area contributed by atoms with Gasteiger partial charge in [0.25, 0.3) is 0 Å². The van der Waals surface area contributed by atoms with Crippen molar-refractivity contribution in [3.8, 4) is 0 Å². The van der Waals surface area contributed by atoms with E-state index in [0.717, 1.165) is 19.4 Å². The highest BCUT2D eigenvalue weighted by Crippen LogP contribution is 2.02. The molecule has 2 nitrogen and oxygen atoms in total. The van der Waals surface area contributed by atoms with Gasteiger partial charge in [0.15, 0.2) is 0 Å². The van der Waals surface area contributed by atoms with Gasteiger partial charge < -0.3 is 10.0 Å². The first-order valence-corrected chi connectivity index (χ1v) is 4.92. The fourth-order valence-electron chi connectivity index (χ4n) is 1.06. The van der Waals surface area contributed by atoms with Crippen LogP contribution < -0.4 is 0 Å². The first kappa shape index (κ1) is 11.9. The van der Waals surface area contributed by atoms with E-state index in [-0.39, 0.29) is 6.10 Å². The second kappa shape index (κ2) is 6.44. The van der Waals surface area contributed by atoms with E-state index in [9.17, 15) is 0 Å². The Labute approximate surface area is 76.6 Å². The molecule has 2 heteroatoms. The van der Waals surface area contributed by atoms with Crippen LogP contribution in [-0.2, 0) is 0 Å². The molecule has 0 rings (SSSR count). The van der Waals surface area contributed by atoms with E-state index in [1.165, 1.54) is 6.42 Å². The van der Waals surface area contributed by atoms with Gasteiger partial charge in [-0.2, -0.15) is 0 Å². The van der Waals surface area contributed by atoms with Gasteiger partial charge in [0, 0.05) is 6.04 Å². The van der Waals surface area contributed by atoms with Crippen molar-refractivity contribution >= 4 is 0 Å². The number of unbranched alkanes of at least 4 members (excludes halogenated alkanes) is 1. The van der Waals surface area contributed by atoms with E-state index in [1.54, 1.807) is 0 Å². The molecular formula is C10H23NO. The van der Waals surface area contributed by atoms with Crippen LogP contribution in [-0.4, -0.2) is 35.7 Å². The molecule has 0 saturated carbocycles. The van der Waals surface area contributed by atoms with Crippen molar-refractivity contribution in [2.75, 3.05) is 13.6 Å². The summed E-state index contributed by atoms with van der Waals surface area (Å²) in [6, 6.07) is 0.636. The molecule has 0 aromatic carbocycles. The molecule has 0 heterocycles. The lowest BCUT2D eigenvalue weighted by Crippen LogP contribution is -2.27. The van der Waals surface area contributed by atoms with Gasteiger partial charge in [-0.05, 0) is 53.6 Å². The molecule has 0 aliphatic carbocycles. The van der Waals surface area contributed by atoms with Crippen molar-refractivity contribution < 1.29 is 5.11 Å². The van der Waals surface area contributed by atoms with Gasteiger partial charge in [0.2, 0.25) is 0 Å². The van der Waals surface area contributed by atoms with E-state index < -0.39 is 0 Å². The van der Waals surface area contributed by atoms with Gasteiger partial charge in [-0.25, -0.2) is 0 Å². The van der Waals surface area contributed by atoms with Crippen LogP contribution in [0.5, 0.6) is 0 Å². The van der Waals surface area contributed by atoms with Crippen LogP contribution in [0.3, 0.4) is 0 Å². The van der Waals surface area contributed by atoms with E-state index in [0.29, 0.717) is 6.04 Å². The lowest BCUT2D eigenvalue weighted by atomic mass is 10.1. The molecule has 0 aromatic heterocycles. The number of nitrogens with zero attached hydrogens (tertiary/aromatic N) is 1. The lowest BCUT2D eigenvalue weighted by molar-refractivity contribution is 0.176. The maximum atomic E-state index is 9.01. The Morgan fingerprint density at radius 3 is 2.17 bits per heavy atom. The Balaban J connectivity index is 3.20. The summed E-state index contributed by atoms with van der Waals surface area (Å²) in [5.74, 6) is 0. The first-order chi connectivity index (χ1) is 5.54. The Hall–Kier alpha value is -0.0800. The Morgan fingerprint density at radius 1 is 1.17 bits per heavy atom. The minimum Gasteiger partial charge on any atom is -0.393 e. The molecule has 1 N–H and O–H groups in total. The number of aliphatic hydroxyl groups excluding tert-OH is 1. The minimum atomic E-state index is -0.130. The predicted molar refractivity (Wildman–Crippen MR) is 53.3 cm³/mol. The Morgan fingerprint density at radius 2 is 1.75 bits per heavy atom. The van der Waals surface area contributed by atoms with Crippen molar-refractivity contribution in [1.82, 2.24) is 4.90 Å².